The fourth-order valence-corrected chi connectivity index (χ4v) is 1.82. The summed E-state index contributed by atoms with van der Waals surface area (Å²) in [6, 6.07) is 0. The van der Waals surface area contributed by atoms with Crippen LogP contribution in [0.5, 0.6) is 0 Å². The molecule has 0 aliphatic heterocycles. The van der Waals surface area contributed by atoms with E-state index in [9.17, 15) is 4.79 Å². The van der Waals surface area contributed by atoms with Gasteiger partial charge in [-0.1, -0.05) is 0 Å². The molecule has 2 atom stereocenters. The number of rotatable bonds is 2. The molecule has 2 unspecified atom stereocenters. The lowest BCUT2D eigenvalue weighted by Gasteiger charge is -2.31. The first-order valence-corrected chi connectivity index (χ1v) is 5.18. The maximum Gasteiger partial charge on any atom is 0.307 e. The minimum atomic E-state index is -0.743. The van der Waals surface area contributed by atoms with E-state index in [0.29, 0.717) is 5.82 Å². The number of carbonyl (C=O) groups is 1. The van der Waals surface area contributed by atoms with Crippen molar-refractivity contribution < 1.29 is 9.90 Å². The Morgan fingerprint density at radius 1 is 1.43 bits per heavy atom. The van der Waals surface area contributed by atoms with Crippen molar-refractivity contribution in [2.24, 2.45) is 5.92 Å². The van der Waals surface area contributed by atoms with Gasteiger partial charge in [-0.15, -0.1) is 0 Å². The van der Waals surface area contributed by atoms with E-state index in [2.05, 4.69) is 25.9 Å². The van der Waals surface area contributed by atoms with Gasteiger partial charge in [0.25, 0.3) is 0 Å². The fraction of sp³-hybridized carbons (Fsp3) is 0.444. The van der Waals surface area contributed by atoms with Gasteiger partial charge in [-0.3, -0.25) is 4.79 Å². The minimum Gasteiger partial charge on any atom is -0.481 e. The third kappa shape index (κ3) is 1.64. The lowest BCUT2D eigenvalue weighted by atomic mass is 9.73. The van der Waals surface area contributed by atoms with Gasteiger partial charge in [0.15, 0.2) is 0 Å². The number of carboxylic acid groups (broad SMARTS) is 1. The summed E-state index contributed by atoms with van der Waals surface area (Å²) in [5.74, 6) is -0.392. The summed E-state index contributed by atoms with van der Waals surface area (Å²) in [7, 11) is 0. The summed E-state index contributed by atoms with van der Waals surface area (Å²) in [6.45, 7) is 0. The maximum absolute atomic E-state index is 10.8. The number of carboxylic acids is 1. The van der Waals surface area contributed by atoms with Crippen molar-refractivity contribution in [3.8, 4) is 0 Å². The van der Waals surface area contributed by atoms with Crippen LogP contribution in [0.25, 0.3) is 0 Å². The number of hydrogen-bond donors (Lipinski definition) is 1. The Kier molecular flexibility index (Phi) is 2.50. The molecule has 1 fully saturated rings. The molecule has 1 aromatic rings. The molecule has 5 heteroatoms. The van der Waals surface area contributed by atoms with Crippen LogP contribution in [0.2, 0.25) is 0 Å². The fourth-order valence-electron chi connectivity index (χ4n) is 1.62. The largest absolute Gasteiger partial charge is 0.481 e. The van der Waals surface area contributed by atoms with Gasteiger partial charge in [-0.05, 0) is 28.8 Å². The normalized spacial score (nSPS) is 25.5. The van der Waals surface area contributed by atoms with Crippen LogP contribution in [0.1, 0.15) is 24.6 Å². The van der Waals surface area contributed by atoms with E-state index in [1.165, 1.54) is 0 Å². The lowest BCUT2D eigenvalue weighted by Crippen LogP contribution is -2.32. The highest BCUT2D eigenvalue weighted by atomic mass is 79.9. The van der Waals surface area contributed by atoms with Crippen LogP contribution in [0.4, 0.5) is 0 Å². The van der Waals surface area contributed by atoms with Gasteiger partial charge in [0.2, 0.25) is 0 Å². The van der Waals surface area contributed by atoms with Gasteiger partial charge < -0.3 is 5.11 Å². The van der Waals surface area contributed by atoms with Gasteiger partial charge in [0.1, 0.15) is 5.82 Å². The second kappa shape index (κ2) is 3.65. The van der Waals surface area contributed by atoms with E-state index in [-0.39, 0.29) is 11.8 Å². The molecule has 0 bridgehead atoms. The highest BCUT2D eigenvalue weighted by molar-refractivity contribution is 9.10. The number of aromatic nitrogens is 2. The molecule has 1 heterocycles. The van der Waals surface area contributed by atoms with Gasteiger partial charge in [0, 0.05) is 18.3 Å². The average molecular weight is 257 g/mol. The summed E-state index contributed by atoms with van der Waals surface area (Å²) in [4.78, 5) is 19.0. The third-order valence-corrected chi connectivity index (χ3v) is 2.97. The van der Waals surface area contributed by atoms with Crippen molar-refractivity contribution >= 4 is 21.9 Å². The Bertz CT molecular complexity index is 352. The predicted molar refractivity (Wildman–Crippen MR) is 52.8 cm³/mol. The van der Waals surface area contributed by atoms with E-state index < -0.39 is 5.97 Å². The molecule has 0 spiro atoms. The summed E-state index contributed by atoms with van der Waals surface area (Å²) in [5.41, 5.74) is 0. The summed E-state index contributed by atoms with van der Waals surface area (Å²) < 4.78 is 0.812. The van der Waals surface area contributed by atoms with Crippen LogP contribution < -0.4 is 0 Å². The highest BCUT2D eigenvalue weighted by Gasteiger charge is 2.39. The molecule has 1 aromatic heterocycles. The lowest BCUT2D eigenvalue weighted by molar-refractivity contribution is -0.145. The van der Waals surface area contributed by atoms with Gasteiger partial charge in [0.05, 0.1) is 10.4 Å². The van der Waals surface area contributed by atoms with Crippen LogP contribution >= 0.6 is 15.9 Å². The van der Waals surface area contributed by atoms with E-state index >= 15 is 0 Å². The Balaban J connectivity index is 2.16. The summed E-state index contributed by atoms with van der Waals surface area (Å²) in [6.07, 6.45) is 4.91. The molecule has 1 N–H and O–H groups in total. The molecule has 0 radical (unpaired) electrons. The monoisotopic (exact) mass is 256 g/mol. The van der Waals surface area contributed by atoms with Gasteiger partial charge in [-0.25, -0.2) is 9.97 Å². The molecule has 0 amide bonds. The van der Waals surface area contributed by atoms with Crippen molar-refractivity contribution in [2.45, 2.75) is 18.8 Å². The molecular weight excluding hydrogens is 248 g/mol. The van der Waals surface area contributed by atoms with E-state index in [0.717, 1.165) is 17.3 Å². The van der Waals surface area contributed by atoms with Gasteiger partial charge >= 0.3 is 5.97 Å². The molecule has 74 valence electrons. The molecule has 1 aliphatic carbocycles. The second-order valence-electron chi connectivity index (χ2n) is 3.39. The first kappa shape index (κ1) is 9.58. The minimum absolute atomic E-state index is 0.000556. The van der Waals surface area contributed by atoms with Crippen LogP contribution in [-0.2, 0) is 4.79 Å². The molecule has 2 rings (SSSR count). The second-order valence-corrected chi connectivity index (χ2v) is 4.30. The quantitative estimate of drug-likeness (QED) is 0.877. The zero-order chi connectivity index (χ0) is 10.1. The number of hydrogen-bond acceptors (Lipinski definition) is 3. The molecule has 14 heavy (non-hydrogen) atoms. The van der Waals surface area contributed by atoms with Crippen molar-refractivity contribution in [3.63, 3.8) is 0 Å². The van der Waals surface area contributed by atoms with Crippen LogP contribution in [-0.4, -0.2) is 21.0 Å². The molecule has 0 aromatic carbocycles. The van der Waals surface area contributed by atoms with E-state index in [1.54, 1.807) is 12.4 Å². The zero-order valence-corrected chi connectivity index (χ0v) is 8.94. The molecule has 1 aliphatic rings. The Morgan fingerprint density at radius 2 is 2.07 bits per heavy atom. The predicted octanol–water partition coefficient (Wildman–Crippen LogP) is 1.82. The van der Waals surface area contributed by atoms with Crippen molar-refractivity contribution in [2.75, 3.05) is 0 Å². The first-order chi connectivity index (χ1) is 6.68. The average Bonchev–Trinajstić information content (AvgIpc) is 2.05. The Labute approximate surface area is 89.5 Å². The van der Waals surface area contributed by atoms with Crippen molar-refractivity contribution in [1.29, 1.82) is 0 Å². The Hall–Kier alpha value is -0.970. The SMILES string of the molecule is O=C(O)C1CCC1c1ncc(Br)cn1. The van der Waals surface area contributed by atoms with Crippen LogP contribution in [0, 0.1) is 5.92 Å². The van der Waals surface area contributed by atoms with Crippen LogP contribution in [0.15, 0.2) is 16.9 Å². The van der Waals surface area contributed by atoms with E-state index in [1.807, 2.05) is 0 Å². The van der Waals surface area contributed by atoms with E-state index in [4.69, 9.17) is 5.11 Å². The third-order valence-electron chi connectivity index (χ3n) is 2.56. The molecule has 4 nitrogen and oxygen atoms in total. The summed E-state index contributed by atoms with van der Waals surface area (Å²) >= 11 is 3.24. The Morgan fingerprint density at radius 3 is 2.50 bits per heavy atom. The topological polar surface area (TPSA) is 63.1 Å². The molecule has 1 saturated carbocycles. The standard InChI is InChI=1S/C9H9BrN2O2/c10-5-3-11-8(12-4-5)6-1-2-7(6)9(13)14/h3-4,6-7H,1-2H2,(H,13,14). The van der Waals surface area contributed by atoms with Crippen molar-refractivity contribution in [1.82, 2.24) is 9.97 Å². The zero-order valence-electron chi connectivity index (χ0n) is 7.35. The first-order valence-electron chi connectivity index (χ1n) is 4.38. The number of nitrogens with zero attached hydrogens (tertiary/aromatic N) is 2. The van der Waals surface area contributed by atoms with Crippen LogP contribution in [0.3, 0.4) is 0 Å². The number of halogens is 1. The number of aliphatic carboxylic acids is 1. The molecule has 0 saturated heterocycles. The maximum atomic E-state index is 10.8. The smallest absolute Gasteiger partial charge is 0.307 e. The van der Waals surface area contributed by atoms with Gasteiger partial charge in [-0.2, -0.15) is 0 Å². The van der Waals surface area contributed by atoms with Crippen molar-refractivity contribution in [3.05, 3.63) is 22.7 Å². The highest BCUT2D eigenvalue weighted by Crippen LogP contribution is 2.40. The molecular formula is C9H9BrN2O2. The summed E-state index contributed by atoms with van der Waals surface area (Å²) in [5, 5.41) is 8.85.